The monoisotopic (exact) mass is 214 g/mol. The molecule has 0 heterocycles. The quantitative estimate of drug-likeness (QED) is 0.259. The van der Waals surface area contributed by atoms with Crippen molar-refractivity contribution in [1.82, 2.24) is 0 Å². The summed E-state index contributed by atoms with van der Waals surface area (Å²) in [5.74, 6) is -1.01. The molecular formula is C6H14O4S2. The molecule has 12 heavy (non-hydrogen) atoms. The Morgan fingerprint density at radius 3 is 1.50 bits per heavy atom. The highest BCUT2D eigenvalue weighted by atomic mass is 32.2. The molecule has 0 aromatic heterocycles. The van der Waals surface area contributed by atoms with E-state index in [4.69, 9.17) is 15.3 Å². The molecule has 0 aromatic rings. The van der Waals surface area contributed by atoms with Crippen LogP contribution in [0.2, 0.25) is 0 Å². The predicted octanol–water partition coefficient (Wildman–Crippen LogP) is 0.00790. The Hall–Kier alpha value is 0.0900. The number of carboxylic acids is 1. The van der Waals surface area contributed by atoms with E-state index in [1.807, 2.05) is 0 Å². The van der Waals surface area contributed by atoms with Gasteiger partial charge in [0.05, 0.1) is 0 Å². The molecule has 74 valence electrons. The van der Waals surface area contributed by atoms with Crippen LogP contribution in [0, 0.1) is 0 Å². The highest BCUT2D eigenvalue weighted by molar-refractivity contribution is 8.00. The molecule has 0 aliphatic carbocycles. The van der Waals surface area contributed by atoms with Crippen LogP contribution in [0.25, 0.3) is 0 Å². The molecule has 0 spiro atoms. The number of aliphatic hydroxyl groups excluding tert-OH is 2. The number of carbonyl (C=O) groups is 1. The summed E-state index contributed by atoms with van der Waals surface area (Å²) in [6.45, 7) is 0.390. The van der Waals surface area contributed by atoms with Crippen molar-refractivity contribution < 1.29 is 20.1 Å². The standard InChI is InChI=1S/C4H10O2.C2H4O2S2/c5-3-1-2-4-6;3-1(4)2(5)6/h5-6H,1-4H2;2,5-6H,(H,3,4). The van der Waals surface area contributed by atoms with Crippen LogP contribution in [-0.2, 0) is 4.79 Å². The van der Waals surface area contributed by atoms with Crippen LogP contribution < -0.4 is 0 Å². The second-order valence-corrected chi connectivity index (χ2v) is 3.31. The van der Waals surface area contributed by atoms with Gasteiger partial charge in [-0.15, -0.1) is 0 Å². The van der Waals surface area contributed by atoms with Gasteiger partial charge < -0.3 is 15.3 Å². The molecule has 0 aliphatic rings. The smallest absolute Gasteiger partial charge is 0.326 e. The van der Waals surface area contributed by atoms with Crippen molar-refractivity contribution in [2.24, 2.45) is 0 Å². The van der Waals surface area contributed by atoms with Gasteiger partial charge in [0.15, 0.2) is 0 Å². The first kappa shape index (κ1) is 14.6. The van der Waals surface area contributed by atoms with Gasteiger partial charge in [-0.3, -0.25) is 4.79 Å². The van der Waals surface area contributed by atoms with Gasteiger partial charge >= 0.3 is 5.97 Å². The number of carboxylic acid groups (broad SMARTS) is 1. The first-order valence-corrected chi connectivity index (χ1v) is 4.40. The summed E-state index contributed by atoms with van der Waals surface area (Å²) in [7, 11) is 0. The fourth-order valence-electron chi connectivity index (χ4n) is 0.224. The van der Waals surface area contributed by atoms with Crippen LogP contribution in [0.4, 0.5) is 0 Å². The lowest BCUT2D eigenvalue weighted by Gasteiger charge is -1.87. The summed E-state index contributed by atoms with van der Waals surface area (Å²) in [6.07, 6.45) is 1.44. The van der Waals surface area contributed by atoms with Crippen LogP contribution >= 0.6 is 25.3 Å². The van der Waals surface area contributed by atoms with Gasteiger partial charge in [-0.1, -0.05) is 0 Å². The van der Waals surface area contributed by atoms with Crippen molar-refractivity contribution in [2.45, 2.75) is 17.4 Å². The minimum atomic E-state index is -1.01. The molecule has 0 bridgehead atoms. The second kappa shape index (κ2) is 11.1. The van der Waals surface area contributed by atoms with Crippen LogP contribution in [0.3, 0.4) is 0 Å². The highest BCUT2D eigenvalue weighted by Gasteiger charge is 2.01. The Bertz CT molecular complexity index is 104. The average Bonchev–Trinajstić information content (AvgIpc) is 2.02. The van der Waals surface area contributed by atoms with Gasteiger partial charge in [0, 0.05) is 13.2 Å². The maximum absolute atomic E-state index is 9.55. The van der Waals surface area contributed by atoms with Crippen molar-refractivity contribution in [2.75, 3.05) is 13.2 Å². The van der Waals surface area contributed by atoms with E-state index in [-0.39, 0.29) is 13.2 Å². The molecule has 0 rings (SSSR count). The summed E-state index contributed by atoms with van der Waals surface area (Å²) >= 11 is 6.92. The summed E-state index contributed by atoms with van der Waals surface area (Å²) < 4.78 is -0.843. The molecule has 3 N–H and O–H groups in total. The Morgan fingerprint density at radius 2 is 1.42 bits per heavy atom. The first-order valence-electron chi connectivity index (χ1n) is 3.37. The van der Waals surface area contributed by atoms with E-state index < -0.39 is 10.6 Å². The number of aliphatic carboxylic acids is 1. The number of hydrogen-bond acceptors (Lipinski definition) is 5. The molecule has 0 amide bonds. The van der Waals surface area contributed by atoms with Gasteiger partial charge in [-0.05, 0) is 12.8 Å². The van der Waals surface area contributed by atoms with Gasteiger partial charge in [0.25, 0.3) is 0 Å². The molecule has 0 aliphatic heterocycles. The zero-order valence-corrected chi connectivity index (χ0v) is 8.34. The molecule has 6 heteroatoms. The fourth-order valence-corrected chi connectivity index (χ4v) is 0.224. The van der Waals surface area contributed by atoms with E-state index in [1.54, 1.807) is 0 Å². The molecule has 0 unspecified atom stereocenters. The topological polar surface area (TPSA) is 77.8 Å². The Kier molecular flexibility index (Phi) is 13.5. The van der Waals surface area contributed by atoms with Gasteiger partial charge in [-0.25, -0.2) is 0 Å². The van der Waals surface area contributed by atoms with Gasteiger partial charge in [0.1, 0.15) is 4.58 Å². The molecule has 0 saturated carbocycles. The number of unbranched alkanes of at least 4 members (excludes halogenated alkanes) is 1. The van der Waals surface area contributed by atoms with E-state index in [0.29, 0.717) is 0 Å². The normalized spacial score (nSPS) is 9.08. The molecule has 4 nitrogen and oxygen atoms in total. The van der Waals surface area contributed by atoms with Gasteiger partial charge in [0.2, 0.25) is 0 Å². The van der Waals surface area contributed by atoms with Gasteiger partial charge in [-0.2, -0.15) is 25.3 Å². The van der Waals surface area contributed by atoms with Crippen LogP contribution in [0.15, 0.2) is 0 Å². The number of aliphatic hydroxyl groups is 2. The van der Waals surface area contributed by atoms with E-state index >= 15 is 0 Å². The molecule has 0 saturated heterocycles. The lowest BCUT2D eigenvalue weighted by molar-refractivity contribution is -0.134. The fraction of sp³-hybridized carbons (Fsp3) is 0.833. The lowest BCUT2D eigenvalue weighted by Crippen LogP contribution is -2.04. The van der Waals surface area contributed by atoms with Crippen molar-refractivity contribution >= 4 is 31.2 Å². The van der Waals surface area contributed by atoms with Crippen LogP contribution in [0.1, 0.15) is 12.8 Å². The molecular weight excluding hydrogens is 200 g/mol. The number of rotatable bonds is 4. The number of thiol groups is 2. The molecule has 0 atom stereocenters. The van der Waals surface area contributed by atoms with Crippen molar-refractivity contribution in [1.29, 1.82) is 0 Å². The molecule has 0 fully saturated rings. The van der Waals surface area contributed by atoms with Crippen molar-refractivity contribution in [3.8, 4) is 0 Å². The molecule has 0 radical (unpaired) electrons. The third kappa shape index (κ3) is 16.6. The third-order valence-electron chi connectivity index (χ3n) is 0.787. The minimum Gasteiger partial charge on any atom is -0.480 e. The highest BCUT2D eigenvalue weighted by Crippen LogP contribution is 1.96. The number of hydrogen-bond donors (Lipinski definition) is 5. The Balaban J connectivity index is 0. The maximum Gasteiger partial charge on any atom is 0.326 e. The summed E-state index contributed by atoms with van der Waals surface area (Å²) in [5, 5.41) is 24.0. The average molecular weight is 214 g/mol. The summed E-state index contributed by atoms with van der Waals surface area (Å²) in [6, 6.07) is 0. The summed E-state index contributed by atoms with van der Waals surface area (Å²) in [5.41, 5.74) is 0. The van der Waals surface area contributed by atoms with Crippen LogP contribution in [-0.4, -0.2) is 39.1 Å². The predicted molar refractivity (Wildman–Crippen MR) is 52.8 cm³/mol. The maximum atomic E-state index is 9.55. The SMILES string of the molecule is O=C(O)C(S)S.OCCCCO. The molecule has 0 aromatic carbocycles. The van der Waals surface area contributed by atoms with E-state index in [2.05, 4.69) is 25.3 Å². The van der Waals surface area contributed by atoms with Crippen molar-refractivity contribution in [3.63, 3.8) is 0 Å². The van der Waals surface area contributed by atoms with E-state index in [1.165, 1.54) is 0 Å². The van der Waals surface area contributed by atoms with E-state index in [0.717, 1.165) is 12.8 Å². The first-order chi connectivity index (χ1) is 5.56. The van der Waals surface area contributed by atoms with Crippen LogP contribution in [0.5, 0.6) is 0 Å². The zero-order valence-electron chi connectivity index (χ0n) is 6.55. The van der Waals surface area contributed by atoms with Crippen molar-refractivity contribution in [3.05, 3.63) is 0 Å². The lowest BCUT2D eigenvalue weighted by atomic mass is 10.3. The van der Waals surface area contributed by atoms with E-state index in [9.17, 15) is 4.79 Å². The second-order valence-electron chi connectivity index (χ2n) is 1.87. The third-order valence-corrected chi connectivity index (χ3v) is 1.23. The Morgan fingerprint density at radius 1 is 1.17 bits per heavy atom. The Labute approximate surface area is 82.4 Å². The zero-order chi connectivity index (χ0) is 9.98. The minimum absolute atomic E-state index is 0.195. The largest absolute Gasteiger partial charge is 0.480 e. The summed E-state index contributed by atoms with van der Waals surface area (Å²) in [4.78, 5) is 9.55.